The van der Waals surface area contributed by atoms with Crippen molar-refractivity contribution in [3.8, 4) is 11.8 Å². The van der Waals surface area contributed by atoms with E-state index in [-0.39, 0.29) is 23.6 Å². The minimum absolute atomic E-state index is 0.00337. The summed E-state index contributed by atoms with van der Waals surface area (Å²) in [6.07, 6.45) is 3.64. The Balaban J connectivity index is 1.52. The number of halogens is 1. The third kappa shape index (κ3) is 4.63. The molecule has 1 heterocycles. The number of carbonyl (C=O) groups is 2. The van der Waals surface area contributed by atoms with Gasteiger partial charge in [-0.3, -0.25) is 9.59 Å². The molecule has 3 aliphatic rings. The van der Waals surface area contributed by atoms with Crippen LogP contribution in [0.5, 0.6) is 0 Å². The smallest absolute Gasteiger partial charge is 0.295 e. The van der Waals surface area contributed by atoms with E-state index in [2.05, 4.69) is 22.5 Å². The van der Waals surface area contributed by atoms with Crippen LogP contribution in [0.1, 0.15) is 52.4 Å². The van der Waals surface area contributed by atoms with E-state index >= 15 is 0 Å². The van der Waals surface area contributed by atoms with Crippen molar-refractivity contribution >= 4 is 21.7 Å². The van der Waals surface area contributed by atoms with Gasteiger partial charge in [0.1, 0.15) is 0 Å². The highest BCUT2D eigenvalue weighted by atomic mass is 32.2. The van der Waals surface area contributed by atoms with E-state index < -0.39 is 26.2 Å². The first-order chi connectivity index (χ1) is 12.5. The first-order valence-corrected chi connectivity index (χ1v) is 11.2. The molecule has 0 radical (unpaired) electrons. The molecule has 0 aromatic rings. The molecule has 8 heteroatoms. The van der Waals surface area contributed by atoms with Crippen LogP contribution >= 0.6 is 0 Å². The second-order valence-corrected chi connectivity index (χ2v) is 11.2. The predicted molar refractivity (Wildman–Crippen MR) is 99.1 cm³/mol. The van der Waals surface area contributed by atoms with Crippen LogP contribution in [0.25, 0.3) is 0 Å². The third-order valence-electron chi connectivity index (χ3n) is 5.73. The van der Waals surface area contributed by atoms with Crippen molar-refractivity contribution in [1.82, 2.24) is 10.6 Å². The Morgan fingerprint density at radius 1 is 1.19 bits per heavy atom. The standard InChI is InChI=1S/C19H27FN2O4S/c1-18(2,20)17(24)22-15-7-8-27(25,26)19(11-15)9-14(10-19)12-21-16(23)6-5-13-3-4-13/h13-15H,3-4,7-12H2,1-2H3,(H,21,23)(H,22,24). The number of sulfone groups is 1. The van der Waals surface area contributed by atoms with Crippen LogP contribution < -0.4 is 10.6 Å². The molecule has 1 spiro atoms. The highest BCUT2D eigenvalue weighted by Crippen LogP contribution is 2.49. The Labute approximate surface area is 160 Å². The molecule has 2 N–H and O–H groups in total. The first kappa shape index (κ1) is 20.1. The van der Waals surface area contributed by atoms with Gasteiger partial charge in [0.05, 0.1) is 10.5 Å². The summed E-state index contributed by atoms with van der Waals surface area (Å²) >= 11 is 0. The van der Waals surface area contributed by atoms with E-state index in [1.54, 1.807) is 0 Å². The lowest BCUT2D eigenvalue weighted by atomic mass is 9.70. The maximum atomic E-state index is 13.8. The zero-order valence-electron chi connectivity index (χ0n) is 15.8. The Kier molecular flexibility index (Phi) is 5.28. The minimum atomic E-state index is -3.26. The largest absolute Gasteiger partial charge is 0.351 e. The van der Waals surface area contributed by atoms with Gasteiger partial charge in [-0.15, -0.1) is 0 Å². The van der Waals surface area contributed by atoms with Gasteiger partial charge in [-0.1, -0.05) is 5.92 Å². The zero-order valence-corrected chi connectivity index (χ0v) is 16.6. The van der Waals surface area contributed by atoms with Gasteiger partial charge in [0.15, 0.2) is 15.5 Å². The van der Waals surface area contributed by atoms with Gasteiger partial charge in [-0.05, 0) is 64.2 Å². The van der Waals surface area contributed by atoms with Gasteiger partial charge in [-0.2, -0.15) is 0 Å². The summed E-state index contributed by atoms with van der Waals surface area (Å²) in [5.74, 6) is 4.88. The van der Waals surface area contributed by atoms with Crippen LogP contribution in [0.2, 0.25) is 0 Å². The first-order valence-electron chi connectivity index (χ1n) is 9.52. The van der Waals surface area contributed by atoms with Crippen LogP contribution in [0.4, 0.5) is 4.39 Å². The second kappa shape index (κ2) is 7.08. The molecule has 2 aliphatic carbocycles. The van der Waals surface area contributed by atoms with Gasteiger partial charge in [-0.25, -0.2) is 12.8 Å². The molecule has 1 unspecified atom stereocenters. The van der Waals surface area contributed by atoms with Crippen molar-refractivity contribution in [2.24, 2.45) is 11.8 Å². The van der Waals surface area contributed by atoms with Crippen LogP contribution in [0.15, 0.2) is 0 Å². The van der Waals surface area contributed by atoms with E-state index in [9.17, 15) is 22.4 Å². The maximum absolute atomic E-state index is 13.8. The number of rotatable bonds is 4. The average Bonchev–Trinajstić information content (AvgIpc) is 3.34. The van der Waals surface area contributed by atoms with Crippen LogP contribution in [-0.2, 0) is 19.4 Å². The minimum Gasteiger partial charge on any atom is -0.351 e. The van der Waals surface area contributed by atoms with Gasteiger partial charge < -0.3 is 10.6 Å². The van der Waals surface area contributed by atoms with Crippen molar-refractivity contribution in [2.75, 3.05) is 12.3 Å². The molecule has 2 amide bonds. The fraction of sp³-hybridized carbons (Fsp3) is 0.789. The lowest BCUT2D eigenvalue weighted by Gasteiger charge is -2.51. The molecule has 3 rings (SSSR count). The number of alkyl halides is 1. The number of nitrogens with one attached hydrogen (secondary N) is 2. The lowest BCUT2D eigenvalue weighted by Crippen LogP contribution is -2.61. The molecule has 6 nitrogen and oxygen atoms in total. The fourth-order valence-electron chi connectivity index (χ4n) is 3.91. The van der Waals surface area contributed by atoms with Gasteiger partial charge in [0.25, 0.3) is 11.8 Å². The van der Waals surface area contributed by atoms with Crippen molar-refractivity contribution < 1.29 is 22.4 Å². The predicted octanol–water partition coefficient (Wildman–Crippen LogP) is 1.11. The van der Waals surface area contributed by atoms with Crippen molar-refractivity contribution in [1.29, 1.82) is 0 Å². The average molecular weight is 399 g/mol. The second-order valence-electron chi connectivity index (χ2n) is 8.67. The van der Waals surface area contributed by atoms with E-state index in [1.165, 1.54) is 13.8 Å². The molecule has 2 saturated carbocycles. The van der Waals surface area contributed by atoms with Crippen molar-refractivity contribution in [3.05, 3.63) is 0 Å². The summed E-state index contributed by atoms with van der Waals surface area (Å²) in [5, 5.41) is 5.41. The quantitative estimate of drug-likeness (QED) is 0.694. The van der Waals surface area contributed by atoms with E-state index in [0.717, 1.165) is 12.8 Å². The molecule has 0 aromatic heterocycles. The fourth-order valence-corrected chi connectivity index (χ4v) is 6.37. The molecule has 3 fully saturated rings. The lowest BCUT2D eigenvalue weighted by molar-refractivity contribution is -0.131. The highest BCUT2D eigenvalue weighted by molar-refractivity contribution is 7.92. The molecule has 150 valence electrons. The Hall–Kier alpha value is -1.62. The SMILES string of the molecule is CC(C)(F)C(=O)NC1CCS(=O)(=O)C2(CC(CNC(=O)C#CC3CC3)C2)C1. The van der Waals surface area contributed by atoms with Crippen LogP contribution in [0, 0.1) is 23.7 Å². The number of hydrogen-bond donors (Lipinski definition) is 2. The Bertz CT molecular complexity index is 781. The summed E-state index contributed by atoms with van der Waals surface area (Å²) in [6, 6.07) is -0.337. The molecular weight excluding hydrogens is 371 g/mol. The monoisotopic (exact) mass is 398 g/mol. The molecule has 0 aromatic carbocycles. The summed E-state index contributed by atoms with van der Waals surface area (Å²) in [7, 11) is -3.26. The third-order valence-corrected chi connectivity index (χ3v) is 8.32. The van der Waals surface area contributed by atoms with Gasteiger partial charge in [0, 0.05) is 18.5 Å². The summed E-state index contributed by atoms with van der Waals surface area (Å²) in [4.78, 5) is 23.6. The van der Waals surface area contributed by atoms with E-state index in [4.69, 9.17) is 0 Å². The zero-order chi connectivity index (χ0) is 19.9. The van der Waals surface area contributed by atoms with Crippen molar-refractivity contribution in [2.45, 2.75) is 68.8 Å². The summed E-state index contributed by atoms with van der Waals surface area (Å²) in [5.41, 5.74) is -1.99. The molecule has 27 heavy (non-hydrogen) atoms. The molecular formula is C19H27FN2O4S. The number of hydrogen-bond acceptors (Lipinski definition) is 4. The van der Waals surface area contributed by atoms with Crippen LogP contribution in [0.3, 0.4) is 0 Å². The van der Waals surface area contributed by atoms with E-state index in [1.807, 2.05) is 0 Å². The molecule has 1 saturated heterocycles. The molecule has 1 atom stereocenters. The maximum Gasteiger partial charge on any atom is 0.295 e. The molecule has 1 aliphatic heterocycles. The van der Waals surface area contributed by atoms with Crippen molar-refractivity contribution in [3.63, 3.8) is 0 Å². The van der Waals surface area contributed by atoms with Crippen LogP contribution in [-0.4, -0.2) is 49.0 Å². The topological polar surface area (TPSA) is 92.3 Å². The molecule has 0 bridgehead atoms. The summed E-state index contributed by atoms with van der Waals surface area (Å²) < 4.78 is 38.1. The Morgan fingerprint density at radius 2 is 1.85 bits per heavy atom. The highest BCUT2D eigenvalue weighted by Gasteiger charge is 2.56. The summed E-state index contributed by atoms with van der Waals surface area (Å²) in [6.45, 7) is 2.78. The number of carbonyl (C=O) groups excluding carboxylic acids is 2. The van der Waals surface area contributed by atoms with E-state index in [0.29, 0.717) is 38.1 Å². The van der Waals surface area contributed by atoms with Gasteiger partial charge >= 0.3 is 0 Å². The number of amides is 2. The normalized spacial score (nSPS) is 32.0. The Morgan fingerprint density at radius 3 is 2.44 bits per heavy atom. The van der Waals surface area contributed by atoms with Gasteiger partial charge in [0.2, 0.25) is 0 Å².